The Bertz CT molecular complexity index is 796. The summed E-state index contributed by atoms with van der Waals surface area (Å²) in [6.45, 7) is 3.58. The van der Waals surface area contributed by atoms with Crippen molar-refractivity contribution < 1.29 is 9.59 Å². The minimum atomic E-state index is -0.387. The van der Waals surface area contributed by atoms with Crippen molar-refractivity contribution in [2.75, 3.05) is 13.1 Å². The maximum Gasteiger partial charge on any atom is 0.228 e. The Morgan fingerprint density at radius 1 is 1.35 bits per heavy atom. The molecule has 2 fully saturated rings. The lowest BCUT2D eigenvalue weighted by molar-refractivity contribution is -0.149. The van der Waals surface area contributed by atoms with E-state index in [2.05, 4.69) is 23.3 Å². The largest absolute Gasteiger partial charge is 0.356 e. The lowest BCUT2D eigenvalue weighted by atomic mass is 9.68. The number of benzene rings is 1. The molecule has 26 heavy (non-hydrogen) atoms. The fourth-order valence-corrected chi connectivity index (χ4v) is 5.49. The molecular weight excluding hydrogens is 346 g/mol. The summed E-state index contributed by atoms with van der Waals surface area (Å²) in [7, 11) is 0. The Morgan fingerprint density at radius 3 is 2.96 bits per heavy atom. The SMILES string of the molecule is C[C@@H]1N(C(=O)CCc2nc3ccccc3s2)CCC[C@@]12CCCNC2=O. The smallest absolute Gasteiger partial charge is 0.228 e. The van der Waals surface area contributed by atoms with Gasteiger partial charge in [-0.25, -0.2) is 4.98 Å². The standard InChI is InChI=1S/C20H25N3O2S/c1-14-20(10-4-12-21-19(20)25)11-5-13-23(14)18(24)9-8-17-22-15-6-2-3-7-16(15)26-17/h2-3,6-7,14H,4-5,8-13H2,1H3,(H,21,25)/t14-,20-/m0/s1. The fraction of sp³-hybridized carbons (Fsp3) is 0.550. The van der Waals surface area contributed by atoms with Gasteiger partial charge >= 0.3 is 0 Å². The lowest BCUT2D eigenvalue weighted by Crippen LogP contribution is -2.61. The average Bonchev–Trinajstić information content (AvgIpc) is 3.07. The highest BCUT2D eigenvalue weighted by molar-refractivity contribution is 7.18. The molecule has 2 aromatic rings. The molecule has 3 heterocycles. The van der Waals surface area contributed by atoms with E-state index in [9.17, 15) is 9.59 Å². The number of aryl methyl sites for hydroxylation is 1. The van der Waals surface area contributed by atoms with Gasteiger partial charge in [-0.1, -0.05) is 12.1 Å². The van der Waals surface area contributed by atoms with Crippen LogP contribution in [0.5, 0.6) is 0 Å². The van der Waals surface area contributed by atoms with Crippen molar-refractivity contribution in [1.29, 1.82) is 0 Å². The number of hydrogen-bond acceptors (Lipinski definition) is 4. The highest BCUT2D eigenvalue weighted by atomic mass is 32.1. The van der Waals surface area contributed by atoms with Gasteiger partial charge in [-0.3, -0.25) is 9.59 Å². The summed E-state index contributed by atoms with van der Waals surface area (Å²) < 4.78 is 1.17. The summed E-state index contributed by atoms with van der Waals surface area (Å²) in [6, 6.07) is 8.05. The van der Waals surface area contributed by atoms with E-state index in [-0.39, 0.29) is 23.3 Å². The number of fused-ring (bicyclic) bond motifs is 1. The normalized spacial score (nSPS) is 26.3. The molecule has 1 N–H and O–H groups in total. The molecule has 1 aromatic heterocycles. The summed E-state index contributed by atoms with van der Waals surface area (Å²) in [4.78, 5) is 32.0. The molecular formula is C20H25N3O2S. The highest BCUT2D eigenvalue weighted by Crippen LogP contribution is 2.42. The molecule has 2 atom stereocenters. The second kappa shape index (κ2) is 6.99. The molecule has 0 saturated carbocycles. The molecule has 0 bridgehead atoms. The number of thiazole rings is 1. The molecule has 0 aliphatic carbocycles. The van der Waals surface area contributed by atoms with Crippen molar-refractivity contribution in [3.8, 4) is 0 Å². The van der Waals surface area contributed by atoms with Crippen LogP contribution in [0.3, 0.4) is 0 Å². The molecule has 0 unspecified atom stereocenters. The topological polar surface area (TPSA) is 62.3 Å². The molecule has 1 aromatic carbocycles. The van der Waals surface area contributed by atoms with Crippen LogP contribution in [0, 0.1) is 5.41 Å². The van der Waals surface area contributed by atoms with Crippen LogP contribution in [0.15, 0.2) is 24.3 Å². The third kappa shape index (κ3) is 3.00. The van der Waals surface area contributed by atoms with E-state index in [0.717, 1.165) is 49.3 Å². The predicted molar refractivity (Wildman–Crippen MR) is 103 cm³/mol. The number of nitrogens with one attached hydrogen (secondary N) is 1. The van der Waals surface area contributed by atoms with Crippen molar-refractivity contribution in [2.45, 2.75) is 51.5 Å². The molecule has 2 aliphatic heterocycles. The van der Waals surface area contributed by atoms with Crippen LogP contribution < -0.4 is 5.32 Å². The van der Waals surface area contributed by atoms with Crippen LogP contribution in [-0.4, -0.2) is 40.8 Å². The average molecular weight is 372 g/mol. The molecule has 4 rings (SSSR count). The van der Waals surface area contributed by atoms with Gasteiger partial charge in [-0.2, -0.15) is 0 Å². The van der Waals surface area contributed by atoms with Gasteiger partial charge in [0, 0.05) is 32.0 Å². The first kappa shape index (κ1) is 17.5. The Labute approximate surface area is 157 Å². The Kier molecular flexibility index (Phi) is 4.69. The number of rotatable bonds is 3. The second-order valence-electron chi connectivity index (χ2n) is 7.46. The van der Waals surface area contributed by atoms with Crippen LogP contribution in [0.1, 0.15) is 44.0 Å². The highest BCUT2D eigenvalue weighted by Gasteiger charge is 2.49. The van der Waals surface area contributed by atoms with Crippen LogP contribution in [0.2, 0.25) is 0 Å². The van der Waals surface area contributed by atoms with Crippen LogP contribution >= 0.6 is 11.3 Å². The van der Waals surface area contributed by atoms with Crippen molar-refractivity contribution in [3.05, 3.63) is 29.3 Å². The van der Waals surface area contributed by atoms with Gasteiger partial charge in [0.25, 0.3) is 0 Å². The van der Waals surface area contributed by atoms with E-state index in [1.54, 1.807) is 11.3 Å². The number of likely N-dealkylation sites (tertiary alicyclic amines) is 1. The number of aromatic nitrogens is 1. The molecule has 1 spiro atoms. The Balaban J connectivity index is 1.44. The van der Waals surface area contributed by atoms with Crippen molar-refractivity contribution in [3.63, 3.8) is 0 Å². The summed E-state index contributed by atoms with van der Waals surface area (Å²) in [5.74, 6) is 0.286. The van der Waals surface area contributed by atoms with E-state index in [1.807, 2.05) is 23.1 Å². The van der Waals surface area contributed by atoms with E-state index >= 15 is 0 Å². The number of para-hydroxylation sites is 1. The number of amides is 2. The maximum atomic E-state index is 12.9. The van der Waals surface area contributed by atoms with Crippen molar-refractivity contribution >= 4 is 33.4 Å². The van der Waals surface area contributed by atoms with Gasteiger partial charge in [0.05, 0.1) is 20.6 Å². The summed E-state index contributed by atoms with van der Waals surface area (Å²) in [5.41, 5.74) is 0.617. The molecule has 2 amide bonds. The number of carbonyl (C=O) groups is 2. The first-order chi connectivity index (χ1) is 12.6. The maximum absolute atomic E-state index is 12.9. The summed E-state index contributed by atoms with van der Waals surface area (Å²) >= 11 is 1.66. The summed E-state index contributed by atoms with van der Waals surface area (Å²) in [6.07, 6.45) is 4.82. The quantitative estimate of drug-likeness (QED) is 0.902. The lowest BCUT2D eigenvalue weighted by Gasteiger charge is -2.49. The monoisotopic (exact) mass is 371 g/mol. The zero-order valence-corrected chi connectivity index (χ0v) is 16.0. The molecule has 6 heteroatoms. The van der Waals surface area contributed by atoms with Crippen molar-refractivity contribution in [1.82, 2.24) is 15.2 Å². The van der Waals surface area contributed by atoms with Gasteiger partial charge in [-0.05, 0) is 44.7 Å². The second-order valence-corrected chi connectivity index (χ2v) is 8.57. The fourth-order valence-electron chi connectivity index (χ4n) is 4.52. The number of piperidine rings is 2. The van der Waals surface area contributed by atoms with Crippen LogP contribution in [0.4, 0.5) is 0 Å². The minimum absolute atomic E-state index is 0.0283. The van der Waals surface area contributed by atoms with Crippen LogP contribution in [-0.2, 0) is 16.0 Å². The molecule has 2 aliphatic rings. The molecule has 138 valence electrons. The zero-order valence-electron chi connectivity index (χ0n) is 15.2. The van der Waals surface area contributed by atoms with Gasteiger partial charge in [0.15, 0.2) is 0 Å². The third-order valence-electron chi connectivity index (χ3n) is 6.04. The van der Waals surface area contributed by atoms with E-state index in [1.165, 1.54) is 4.70 Å². The van der Waals surface area contributed by atoms with Crippen molar-refractivity contribution in [2.24, 2.45) is 5.41 Å². The van der Waals surface area contributed by atoms with Gasteiger partial charge in [0.2, 0.25) is 11.8 Å². The van der Waals surface area contributed by atoms with Gasteiger partial charge in [0.1, 0.15) is 0 Å². The minimum Gasteiger partial charge on any atom is -0.356 e. The molecule has 2 saturated heterocycles. The first-order valence-corrected chi connectivity index (χ1v) is 10.3. The number of nitrogens with zero attached hydrogens (tertiary/aromatic N) is 2. The van der Waals surface area contributed by atoms with E-state index < -0.39 is 0 Å². The van der Waals surface area contributed by atoms with Gasteiger partial charge < -0.3 is 10.2 Å². The Morgan fingerprint density at radius 2 is 2.15 bits per heavy atom. The third-order valence-corrected chi connectivity index (χ3v) is 7.13. The Hall–Kier alpha value is -1.95. The number of hydrogen-bond donors (Lipinski definition) is 1. The molecule has 0 radical (unpaired) electrons. The van der Waals surface area contributed by atoms with Gasteiger partial charge in [-0.15, -0.1) is 11.3 Å². The summed E-state index contributed by atoms with van der Waals surface area (Å²) in [5, 5.41) is 4.03. The molecule has 5 nitrogen and oxygen atoms in total. The van der Waals surface area contributed by atoms with E-state index in [0.29, 0.717) is 12.8 Å². The predicted octanol–water partition coefficient (Wildman–Crippen LogP) is 3.14. The number of carbonyl (C=O) groups excluding carboxylic acids is 2. The zero-order chi connectivity index (χ0) is 18.1. The van der Waals surface area contributed by atoms with Crippen LogP contribution in [0.25, 0.3) is 10.2 Å². The first-order valence-electron chi connectivity index (χ1n) is 9.52. The van der Waals surface area contributed by atoms with E-state index in [4.69, 9.17) is 0 Å².